The van der Waals surface area contributed by atoms with Crippen LogP contribution < -0.4 is 5.32 Å². The number of aromatic nitrogens is 2. The molecule has 2 atom stereocenters. The van der Waals surface area contributed by atoms with Crippen molar-refractivity contribution in [2.45, 2.75) is 24.4 Å². The largest absolute Gasteiger partial charge is 0.333 e. The lowest BCUT2D eigenvalue weighted by Crippen LogP contribution is -2.43. The van der Waals surface area contributed by atoms with Crippen LogP contribution in [0.15, 0.2) is 67.3 Å². The van der Waals surface area contributed by atoms with E-state index >= 15 is 0 Å². The first kappa shape index (κ1) is 17.6. The highest BCUT2D eigenvalue weighted by Gasteiger charge is 2.59. The van der Waals surface area contributed by atoms with Gasteiger partial charge in [0.15, 0.2) is 0 Å². The third kappa shape index (κ3) is 2.65. The zero-order valence-corrected chi connectivity index (χ0v) is 15.6. The predicted octanol–water partition coefficient (Wildman–Crippen LogP) is 2.89. The Morgan fingerprint density at radius 3 is 2.76 bits per heavy atom. The van der Waals surface area contributed by atoms with Crippen LogP contribution in [0.3, 0.4) is 0 Å². The standard InChI is InChI=1S/C22H19FN4O2/c23-16-7-5-15(6-8-16)20-22(17-3-1-2-4-18(17)25-21(22)29)9-11-27(20)19(28)13-26-12-10-24-14-26/h1-8,10,12,14,20H,9,11,13H2,(H,25,29)/t20-,22+/m0/s1. The number of anilines is 1. The monoisotopic (exact) mass is 390 g/mol. The van der Waals surface area contributed by atoms with Crippen molar-refractivity contribution in [2.75, 3.05) is 11.9 Å². The van der Waals surface area contributed by atoms with Crippen LogP contribution in [0.2, 0.25) is 0 Å². The van der Waals surface area contributed by atoms with E-state index in [0.717, 1.165) is 16.8 Å². The molecule has 0 radical (unpaired) electrons. The van der Waals surface area contributed by atoms with Crippen LogP contribution in [0.4, 0.5) is 10.1 Å². The first-order valence-corrected chi connectivity index (χ1v) is 9.51. The van der Waals surface area contributed by atoms with Crippen molar-refractivity contribution in [1.29, 1.82) is 0 Å². The molecule has 0 saturated carbocycles. The molecular formula is C22H19FN4O2. The van der Waals surface area contributed by atoms with E-state index in [-0.39, 0.29) is 24.2 Å². The van der Waals surface area contributed by atoms with E-state index in [1.54, 1.807) is 40.3 Å². The second-order valence-electron chi connectivity index (χ2n) is 7.50. The molecule has 1 N–H and O–H groups in total. The number of amides is 2. The number of carbonyl (C=O) groups is 2. The molecule has 0 aliphatic carbocycles. The SMILES string of the molecule is O=C(Cn1ccnc1)N1CC[C@]2(C(=O)Nc3ccccc32)[C@@H]1c1ccc(F)cc1. The van der Waals surface area contributed by atoms with Gasteiger partial charge < -0.3 is 14.8 Å². The quantitative estimate of drug-likeness (QED) is 0.748. The molecule has 2 aliphatic heterocycles. The molecule has 7 heteroatoms. The molecule has 1 fully saturated rings. The average Bonchev–Trinajstić information content (AvgIpc) is 3.43. The van der Waals surface area contributed by atoms with E-state index in [4.69, 9.17) is 0 Å². The van der Waals surface area contributed by atoms with Gasteiger partial charge in [-0.1, -0.05) is 30.3 Å². The number of benzene rings is 2. The number of hydrogen-bond donors (Lipinski definition) is 1. The second-order valence-corrected chi connectivity index (χ2v) is 7.50. The summed E-state index contributed by atoms with van der Waals surface area (Å²) in [4.78, 5) is 32.2. The zero-order chi connectivity index (χ0) is 20.0. The predicted molar refractivity (Wildman–Crippen MR) is 104 cm³/mol. The number of hydrogen-bond acceptors (Lipinski definition) is 3. The van der Waals surface area contributed by atoms with Crippen molar-refractivity contribution in [1.82, 2.24) is 14.5 Å². The number of para-hydroxylation sites is 1. The van der Waals surface area contributed by atoms with Crippen LogP contribution in [0.5, 0.6) is 0 Å². The Balaban J connectivity index is 1.61. The van der Waals surface area contributed by atoms with Gasteiger partial charge in [0.05, 0.1) is 12.4 Å². The zero-order valence-electron chi connectivity index (χ0n) is 15.6. The Kier molecular flexibility index (Phi) is 3.97. The minimum absolute atomic E-state index is 0.105. The van der Waals surface area contributed by atoms with Crippen molar-refractivity contribution in [3.8, 4) is 0 Å². The fraction of sp³-hybridized carbons (Fsp3) is 0.227. The maximum Gasteiger partial charge on any atom is 0.243 e. The molecule has 2 aliphatic rings. The van der Waals surface area contributed by atoms with Crippen LogP contribution in [0, 0.1) is 5.82 Å². The van der Waals surface area contributed by atoms with Gasteiger partial charge in [-0.2, -0.15) is 0 Å². The van der Waals surface area contributed by atoms with E-state index in [0.29, 0.717) is 13.0 Å². The van der Waals surface area contributed by atoms with Crippen molar-refractivity contribution < 1.29 is 14.0 Å². The highest BCUT2D eigenvalue weighted by molar-refractivity contribution is 6.07. The fourth-order valence-corrected chi connectivity index (χ4v) is 4.69. The van der Waals surface area contributed by atoms with E-state index in [2.05, 4.69) is 10.3 Å². The van der Waals surface area contributed by atoms with Crippen LogP contribution in [-0.4, -0.2) is 32.8 Å². The minimum Gasteiger partial charge on any atom is -0.333 e. The van der Waals surface area contributed by atoms with Gasteiger partial charge >= 0.3 is 0 Å². The summed E-state index contributed by atoms with van der Waals surface area (Å²) >= 11 is 0. The first-order valence-electron chi connectivity index (χ1n) is 9.51. The summed E-state index contributed by atoms with van der Waals surface area (Å²) in [6.07, 6.45) is 5.45. The molecule has 5 rings (SSSR count). The number of likely N-dealkylation sites (tertiary alicyclic amines) is 1. The molecule has 1 spiro atoms. The fourth-order valence-electron chi connectivity index (χ4n) is 4.69. The molecule has 0 bridgehead atoms. The summed E-state index contributed by atoms with van der Waals surface area (Å²) in [6, 6.07) is 13.2. The summed E-state index contributed by atoms with van der Waals surface area (Å²) in [5.41, 5.74) is 1.51. The van der Waals surface area contributed by atoms with E-state index in [9.17, 15) is 14.0 Å². The minimum atomic E-state index is -0.890. The third-order valence-corrected chi connectivity index (χ3v) is 5.97. The van der Waals surface area contributed by atoms with Crippen LogP contribution in [0.25, 0.3) is 0 Å². The summed E-state index contributed by atoms with van der Waals surface area (Å²) in [5.74, 6) is -0.578. The molecule has 0 unspecified atom stereocenters. The van der Waals surface area contributed by atoms with Gasteiger partial charge in [-0.25, -0.2) is 9.37 Å². The van der Waals surface area contributed by atoms with Gasteiger partial charge in [0.2, 0.25) is 11.8 Å². The number of carbonyl (C=O) groups excluding carboxylic acids is 2. The molecule has 2 aromatic carbocycles. The van der Waals surface area contributed by atoms with Crippen LogP contribution in [0.1, 0.15) is 23.6 Å². The molecular weight excluding hydrogens is 371 g/mol. The Bertz CT molecular complexity index is 1080. The Labute approximate surface area is 167 Å². The molecule has 1 saturated heterocycles. The summed E-state index contributed by atoms with van der Waals surface area (Å²) in [7, 11) is 0. The van der Waals surface area contributed by atoms with Gasteiger partial charge in [-0.05, 0) is 35.7 Å². The van der Waals surface area contributed by atoms with Crippen molar-refractivity contribution in [3.05, 3.63) is 84.2 Å². The lowest BCUT2D eigenvalue weighted by atomic mass is 9.72. The Morgan fingerprint density at radius 1 is 1.21 bits per heavy atom. The number of halogens is 1. The molecule has 146 valence electrons. The molecule has 1 aromatic heterocycles. The molecule has 29 heavy (non-hydrogen) atoms. The highest BCUT2D eigenvalue weighted by Crippen LogP contribution is 2.54. The second kappa shape index (κ2) is 6.55. The van der Waals surface area contributed by atoms with E-state index in [1.807, 2.05) is 24.3 Å². The molecule has 3 heterocycles. The third-order valence-electron chi connectivity index (χ3n) is 5.97. The Hall–Kier alpha value is -3.48. The summed E-state index contributed by atoms with van der Waals surface area (Å²) in [6.45, 7) is 0.578. The summed E-state index contributed by atoms with van der Waals surface area (Å²) in [5, 5.41) is 2.98. The lowest BCUT2D eigenvalue weighted by Gasteiger charge is -2.34. The molecule has 3 aromatic rings. The van der Waals surface area contributed by atoms with Gasteiger partial charge in [0.1, 0.15) is 17.8 Å². The average molecular weight is 390 g/mol. The van der Waals surface area contributed by atoms with E-state index < -0.39 is 11.5 Å². The van der Waals surface area contributed by atoms with Gasteiger partial charge in [-0.3, -0.25) is 9.59 Å². The van der Waals surface area contributed by atoms with Crippen molar-refractivity contribution >= 4 is 17.5 Å². The highest BCUT2D eigenvalue weighted by atomic mass is 19.1. The maximum absolute atomic E-state index is 13.6. The number of fused-ring (bicyclic) bond motifs is 2. The number of nitrogens with one attached hydrogen (secondary N) is 1. The topological polar surface area (TPSA) is 67.2 Å². The number of nitrogens with zero attached hydrogens (tertiary/aromatic N) is 3. The number of rotatable bonds is 3. The normalized spacial score (nSPS) is 22.7. The number of imidazole rings is 1. The smallest absolute Gasteiger partial charge is 0.243 e. The first-order chi connectivity index (χ1) is 14.1. The van der Waals surface area contributed by atoms with Crippen LogP contribution in [-0.2, 0) is 21.5 Å². The Morgan fingerprint density at radius 2 is 2.00 bits per heavy atom. The summed E-state index contributed by atoms with van der Waals surface area (Å²) < 4.78 is 15.3. The van der Waals surface area contributed by atoms with Crippen molar-refractivity contribution in [3.63, 3.8) is 0 Å². The van der Waals surface area contributed by atoms with Crippen molar-refractivity contribution in [2.24, 2.45) is 0 Å². The molecule has 2 amide bonds. The van der Waals surface area contributed by atoms with Gasteiger partial charge in [-0.15, -0.1) is 0 Å². The molecule has 6 nitrogen and oxygen atoms in total. The lowest BCUT2D eigenvalue weighted by molar-refractivity contribution is -0.134. The van der Waals surface area contributed by atoms with Crippen LogP contribution >= 0.6 is 0 Å². The van der Waals surface area contributed by atoms with Gasteiger partial charge in [0, 0.05) is 24.6 Å². The maximum atomic E-state index is 13.6. The van der Waals surface area contributed by atoms with Gasteiger partial charge in [0.25, 0.3) is 0 Å². The van der Waals surface area contributed by atoms with E-state index in [1.165, 1.54) is 12.1 Å².